The minimum atomic E-state index is -0.604. The van der Waals surface area contributed by atoms with E-state index >= 15 is 0 Å². The largest absolute Gasteiger partial charge is 0.489 e. The van der Waals surface area contributed by atoms with Crippen LogP contribution in [0.1, 0.15) is 15.9 Å². The summed E-state index contributed by atoms with van der Waals surface area (Å²) in [6, 6.07) is 12.5. The molecule has 0 atom stereocenters. The van der Waals surface area contributed by atoms with E-state index in [0.29, 0.717) is 17.9 Å². The van der Waals surface area contributed by atoms with Crippen LogP contribution in [0.5, 0.6) is 5.75 Å². The number of benzene rings is 2. The van der Waals surface area contributed by atoms with Gasteiger partial charge in [0.1, 0.15) is 18.2 Å². The predicted molar refractivity (Wildman–Crippen MR) is 78.7 cm³/mol. The van der Waals surface area contributed by atoms with Crippen LogP contribution in [-0.4, -0.2) is 18.4 Å². The normalized spacial score (nSPS) is 10.0. The minimum absolute atomic E-state index is 0.207. The van der Waals surface area contributed by atoms with Gasteiger partial charge in [-0.05, 0) is 42.0 Å². The number of hydrogen-bond donors (Lipinski definition) is 2. The minimum Gasteiger partial charge on any atom is -0.489 e. The van der Waals surface area contributed by atoms with Crippen LogP contribution in [0.2, 0.25) is 0 Å². The Balaban J connectivity index is 1.90. The maximum Gasteiger partial charge on any atom is 0.251 e. The highest BCUT2D eigenvalue weighted by Crippen LogP contribution is 2.14. The molecular weight excluding hydrogens is 287 g/mol. The Morgan fingerprint density at radius 3 is 2.27 bits per heavy atom. The summed E-state index contributed by atoms with van der Waals surface area (Å²) in [5, 5.41) is 2.39. The van der Waals surface area contributed by atoms with Gasteiger partial charge in [-0.3, -0.25) is 9.59 Å². The fourth-order valence-corrected chi connectivity index (χ4v) is 1.72. The molecule has 0 fully saturated rings. The van der Waals surface area contributed by atoms with Crippen molar-refractivity contribution in [2.24, 2.45) is 5.73 Å². The molecular formula is C16H15FN2O3. The molecule has 5 nitrogen and oxygen atoms in total. The fraction of sp³-hybridized carbons (Fsp3) is 0.125. The van der Waals surface area contributed by atoms with Crippen molar-refractivity contribution in [2.45, 2.75) is 6.61 Å². The van der Waals surface area contributed by atoms with Crippen LogP contribution in [0.25, 0.3) is 0 Å². The fourth-order valence-electron chi connectivity index (χ4n) is 1.72. The van der Waals surface area contributed by atoms with Gasteiger partial charge >= 0.3 is 0 Å². The van der Waals surface area contributed by atoms with E-state index in [0.717, 1.165) is 5.56 Å². The second kappa shape index (κ2) is 7.21. The molecule has 0 unspecified atom stereocenters. The van der Waals surface area contributed by atoms with Gasteiger partial charge in [0.25, 0.3) is 5.91 Å². The van der Waals surface area contributed by atoms with Crippen LogP contribution in [-0.2, 0) is 11.4 Å². The highest BCUT2D eigenvalue weighted by molar-refractivity contribution is 5.96. The van der Waals surface area contributed by atoms with Crippen LogP contribution in [0.15, 0.2) is 48.5 Å². The van der Waals surface area contributed by atoms with Crippen molar-refractivity contribution in [3.8, 4) is 5.75 Å². The summed E-state index contributed by atoms with van der Waals surface area (Å²) in [7, 11) is 0. The van der Waals surface area contributed by atoms with E-state index in [1.165, 1.54) is 12.1 Å². The average Bonchev–Trinajstić information content (AvgIpc) is 2.52. The molecule has 0 aliphatic heterocycles. The van der Waals surface area contributed by atoms with E-state index < -0.39 is 5.91 Å². The van der Waals surface area contributed by atoms with Gasteiger partial charge in [0.15, 0.2) is 0 Å². The van der Waals surface area contributed by atoms with E-state index in [4.69, 9.17) is 10.5 Å². The number of ether oxygens (including phenoxy) is 1. The molecule has 2 aromatic rings. The molecule has 0 aliphatic carbocycles. The molecule has 0 radical (unpaired) electrons. The van der Waals surface area contributed by atoms with E-state index in [1.54, 1.807) is 36.4 Å². The van der Waals surface area contributed by atoms with Crippen molar-refractivity contribution < 1.29 is 18.7 Å². The lowest BCUT2D eigenvalue weighted by atomic mass is 10.2. The van der Waals surface area contributed by atoms with E-state index in [9.17, 15) is 14.0 Å². The van der Waals surface area contributed by atoms with Crippen molar-refractivity contribution in [1.82, 2.24) is 5.32 Å². The SMILES string of the molecule is NC(=O)CNC(=O)c1ccc(OCc2ccc(F)cc2)cc1. The quantitative estimate of drug-likeness (QED) is 0.850. The molecule has 0 heterocycles. The number of rotatable bonds is 6. The summed E-state index contributed by atoms with van der Waals surface area (Å²) in [6.07, 6.45) is 0. The van der Waals surface area contributed by atoms with Gasteiger partial charge in [0, 0.05) is 5.56 Å². The molecule has 0 saturated heterocycles. The highest BCUT2D eigenvalue weighted by Gasteiger charge is 2.06. The van der Waals surface area contributed by atoms with Crippen molar-refractivity contribution in [2.75, 3.05) is 6.54 Å². The molecule has 0 spiro atoms. The van der Waals surface area contributed by atoms with E-state index in [2.05, 4.69) is 5.32 Å². The number of carbonyl (C=O) groups excluding carboxylic acids is 2. The smallest absolute Gasteiger partial charge is 0.251 e. The average molecular weight is 302 g/mol. The molecule has 0 saturated carbocycles. The molecule has 6 heteroatoms. The second-order valence-corrected chi connectivity index (χ2v) is 4.59. The number of amides is 2. The van der Waals surface area contributed by atoms with E-state index in [1.807, 2.05) is 0 Å². The summed E-state index contributed by atoms with van der Waals surface area (Å²) >= 11 is 0. The van der Waals surface area contributed by atoms with Crippen LogP contribution >= 0.6 is 0 Å². The number of nitrogens with one attached hydrogen (secondary N) is 1. The van der Waals surface area contributed by atoms with Gasteiger partial charge in [-0.2, -0.15) is 0 Å². The maximum atomic E-state index is 12.8. The monoisotopic (exact) mass is 302 g/mol. The number of hydrogen-bond acceptors (Lipinski definition) is 3. The van der Waals surface area contributed by atoms with E-state index in [-0.39, 0.29) is 18.3 Å². The van der Waals surface area contributed by atoms with Gasteiger partial charge in [-0.15, -0.1) is 0 Å². The molecule has 0 bridgehead atoms. The van der Waals surface area contributed by atoms with Gasteiger partial charge in [-0.25, -0.2) is 4.39 Å². The maximum absolute atomic E-state index is 12.8. The molecule has 2 amide bonds. The zero-order valence-electron chi connectivity index (χ0n) is 11.7. The number of primary amides is 1. The Morgan fingerprint density at radius 2 is 1.68 bits per heavy atom. The molecule has 114 valence electrons. The third-order valence-corrected chi connectivity index (χ3v) is 2.86. The Morgan fingerprint density at radius 1 is 1.05 bits per heavy atom. The standard InChI is InChI=1S/C16H15FN2O3/c17-13-5-1-11(2-6-13)10-22-14-7-3-12(4-8-14)16(21)19-9-15(18)20/h1-8H,9-10H2,(H2,18,20)(H,19,21). The zero-order valence-corrected chi connectivity index (χ0v) is 11.7. The highest BCUT2D eigenvalue weighted by atomic mass is 19.1. The molecule has 2 rings (SSSR count). The van der Waals surface area contributed by atoms with Gasteiger partial charge in [0.2, 0.25) is 5.91 Å². The van der Waals surface area contributed by atoms with Crippen LogP contribution in [0.3, 0.4) is 0 Å². The first-order chi connectivity index (χ1) is 10.5. The molecule has 2 aromatic carbocycles. The Hall–Kier alpha value is -2.89. The van der Waals surface area contributed by atoms with Gasteiger partial charge < -0.3 is 15.8 Å². The van der Waals surface area contributed by atoms with Crippen molar-refractivity contribution in [1.29, 1.82) is 0 Å². The number of nitrogens with two attached hydrogens (primary N) is 1. The summed E-state index contributed by atoms with van der Waals surface area (Å²) in [5.74, 6) is -0.706. The van der Waals surface area contributed by atoms with Crippen molar-refractivity contribution in [3.63, 3.8) is 0 Å². The third-order valence-electron chi connectivity index (χ3n) is 2.86. The predicted octanol–water partition coefficient (Wildman–Crippen LogP) is 1.62. The van der Waals surface area contributed by atoms with Crippen LogP contribution in [0, 0.1) is 5.82 Å². The lowest BCUT2D eigenvalue weighted by Crippen LogP contribution is -2.33. The summed E-state index contributed by atoms with van der Waals surface area (Å²) in [4.78, 5) is 22.3. The lowest BCUT2D eigenvalue weighted by molar-refractivity contribution is -0.117. The first kappa shape index (κ1) is 15.5. The molecule has 3 N–H and O–H groups in total. The molecule has 0 aromatic heterocycles. The van der Waals surface area contributed by atoms with Crippen LogP contribution in [0.4, 0.5) is 4.39 Å². The van der Waals surface area contributed by atoms with Crippen molar-refractivity contribution >= 4 is 11.8 Å². The first-order valence-electron chi connectivity index (χ1n) is 6.58. The second-order valence-electron chi connectivity index (χ2n) is 4.59. The third kappa shape index (κ3) is 4.59. The Kier molecular flexibility index (Phi) is 5.08. The summed E-state index contributed by atoms with van der Waals surface area (Å²) < 4.78 is 18.3. The zero-order chi connectivity index (χ0) is 15.9. The lowest BCUT2D eigenvalue weighted by Gasteiger charge is -2.07. The topological polar surface area (TPSA) is 81.4 Å². The molecule has 22 heavy (non-hydrogen) atoms. The van der Waals surface area contributed by atoms with Crippen molar-refractivity contribution in [3.05, 3.63) is 65.5 Å². The van der Waals surface area contributed by atoms with Crippen LogP contribution < -0.4 is 15.8 Å². The first-order valence-corrected chi connectivity index (χ1v) is 6.58. The van der Waals surface area contributed by atoms with Gasteiger partial charge in [-0.1, -0.05) is 12.1 Å². The molecule has 0 aliphatic rings. The number of carbonyl (C=O) groups is 2. The summed E-state index contributed by atoms with van der Waals surface area (Å²) in [6.45, 7) is 0.0924. The Labute approximate surface area is 126 Å². The Bertz CT molecular complexity index is 654. The number of halogens is 1. The van der Waals surface area contributed by atoms with Gasteiger partial charge in [0.05, 0.1) is 6.54 Å². The summed E-state index contributed by atoms with van der Waals surface area (Å²) in [5.41, 5.74) is 6.19.